The van der Waals surface area contributed by atoms with Crippen molar-refractivity contribution in [3.05, 3.63) is 75.6 Å². The van der Waals surface area contributed by atoms with Gasteiger partial charge in [0.15, 0.2) is 0 Å². The Morgan fingerprint density at radius 3 is 2.61 bits per heavy atom. The maximum atomic E-state index is 12.3. The molecular formula is C23H23NO6S. The van der Waals surface area contributed by atoms with Gasteiger partial charge in [0.05, 0.1) is 0 Å². The highest BCUT2D eigenvalue weighted by Crippen LogP contribution is 2.23. The van der Waals surface area contributed by atoms with Crippen LogP contribution in [0.1, 0.15) is 23.1 Å². The number of phenols is 1. The van der Waals surface area contributed by atoms with Crippen molar-refractivity contribution in [2.24, 2.45) is 0 Å². The summed E-state index contributed by atoms with van der Waals surface area (Å²) < 4.78 is 5.26. The molecule has 3 rings (SSSR count). The molecule has 0 spiro atoms. The van der Waals surface area contributed by atoms with Gasteiger partial charge in [-0.05, 0) is 36.6 Å². The molecule has 0 aliphatic carbocycles. The molecule has 0 unspecified atom stereocenters. The van der Waals surface area contributed by atoms with Crippen molar-refractivity contribution >= 4 is 34.6 Å². The lowest BCUT2D eigenvalue weighted by molar-refractivity contribution is -0.141. The van der Waals surface area contributed by atoms with Crippen LogP contribution in [-0.4, -0.2) is 33.9 Å². The summed E-state index contributed by atoms with van der Waals surface area (Å²) in [5.74, 6) is -0.677. The standard InChI is InChI=1S/C23H23NO6S/c1-14-17-8-7-16(25)11-20(17)30-23(29)18(14)9-10-21(26)24-19(22(27)28)13-31-12-15-5-3-2-4-6-15/h2-8,11,19,25H,9-10,12-13H2,1H3,(H,24,26)(H,27,28)/t19-/m1/s1. The van der Waals surface area contributed by atoms with Crippen molar-refractivity contribution in [3.63, 3.8) is 0 Å². The first kappa shape index (κ1) is 22.4. The molecular weight excluding hydrogens is 418 g/mol. The third-order valence-electron chi connectivity index (χ3n) is 4.90. The van der Waals surface area contributed by atoms with E-state index in [-0.39, 0.29) is 29.9 Å². The van der Waals surface area contributed by atoms with Gasteiger partial charge in [-0.15, -0.1) is 0 Å². The minimum Gasteiger partial charge on any atom is -0.508 e. The molecule has 3 N–H and O–H groups in total. The number of carbonyl (C=O) groups excluding carboxylic acids is 1. The van der Waals surface area contributed by atoms with Gasteiger partial charge in [0.25, 0.3) is 0 Å². The minimum absolute atomic E-state index is 0.00738. The normalized spacial score (nSPS) is 11.9. The Bertz CT molecular complexity index is 1140. The summed E-state index contributed by atoms with van der Waals surface area (Å²) in [7, 11) is 0. The third-order valence-corrected chi connectivity index (χ3v) is 6.01. The second-order valence-electron chi connectivity index (χ2n) is 7.13. The molecule has 0 aliphatic rings. The van der Waals surface area contributed by atoms with E-state index in [4.69, 9.17) is 4.42 Å². The van der Waals surface area contributed by atoms with Crippen LogP contribution in [-0.2, 0) is 21.8 Å². The first-order valence-corrected chi connectivity index (χ1v) is 10.9. The summed E-state index contributed by atoms with van der Waals surface area (Å²) in [5.41, 5.74) is 1.81. The van der Waals surface area contributed by atoms with E-state index in [0.29, 0.717) is 22.3 Å². The van der Waals surface area contributed by atoms with Crippen molar-refractivity contribution in [3.8, 4) is 5.75 Å². The molecule has 1 atom stereocenters. The van der Waals surface area contributed by atoms with Crippen molar-refractivity contribution in [1.82, 2.24) is 5.32 Å². The van der Waals surface area contributed by atoms with Crippen LogP contribution in [0.25, 0.3) is 11.0 Å². The highest BCUT2D eigenvalue weighted by Gasteiger charge is 2.21. The number of hydrogen-bond donors (Lipinski definition) is 3. The molecule has 0 saturated carbocycles. The van der Waals surface area contributed by atoms with Crippen LogP contribution >= 0.6 is 11.8 Å². The number of aliphatic carboxylic acids is 1. The van der Waals surface area contributed by atoms with E-state index in [1.165, 1.54) is 23.9 Å². The zero-order valence-electron chi connectivity index (χ0n) is 17.0. The Hall–Kier alpha value is -3.26. The number of carboxylic acid groups (broad SMARTS) is 1. The maximum Gasteiger partial charge on any atom is 0.339 e. The average Bonchev–Trinajstić information content (AvgIpc) is 2.73. The monoisotopic (exact) mass is 441 g/mol. The molecule has 1 amide bonds. The lowest BCUT2D eigenvalue weighted by Crippen LogP contribution is -2.42. The molecule has 0 aliphatic heterocycles. The fraction of sp³-hybridized carbons (Fsp3) is 0.261. The largest absolute Gasteiger partial charge is 0.508 e. The second-order valence-corrected chi connectivity index (χ2v) is 8.16. The Morgan fingerprint density at radius 2 is 1.90 bits per heavy atom. The number of aryl methyl sites for hydroxylation is 1. The highest BCUT2D eigenvalue weighted by molar-refractivity contribution is 7.98. The van der Waals surface area contributed by atoms with Crippen LogP contribution in [0.5, 0.6) is 5.75 Å². The minimum atomic E-state index is -1.10. The summed E-state index contributed by atoms with van der Waals surface area (Å²) in [6.45, 7) is 1.75. The number of carbonyl (C=O) groups is 2. The van der Waals surface area contributed by atoms with E-state index in [1.807, 2.05) is 30.3 Å². The zero-order chi connectivity index (χ0) is 22.4. The van der Waals surface area contributed by atoms with Gasteiger partial charge in [0.2, 0.25) is 5.91 Å². The predicted molar refractivity (Wildman–Crippen MR) is 119 cm³/mol. The summed E-state index contributed by atoms with van der Waals surface area (Å²) in [6.07, 6.45) is 0.0859. The molecule has 31 heavy (non-hydrogen) atoms. The number of hydrogen-bond acceptors (Lipinski definition) is 6. The Labute approximate surface area is 183 Å². The number of nitrogens with one attached hydrogen (secondary N) is 1. The fourth-order valence-corrected chi connectivity index (χ4v) is 4.23. The lowest BCUT2D eigenvalue weighted by atomic mass is 10.0. The second kappa shape index (κ2) is 10.2. The van der Waals surface area contributed by atoms with Crippen LogP contribution < -0.4 is 10.9 Å². The number of rotatable bonds is 9. The average molecular weight is 442 g/mol. The van der Waals surface area contributed by atoms with Crippen molar-refractivity contribution in [1.29, 1.82) is 0 Å². The van der Waals surface area contributed by atoms with E-state index >= 15 is 0 Å². The molecule has 8 heteroatoms. The van der Waals surface area contributed by atoms with Gasteiger partial charge in [-0.25, -0.2) is 9.59 Å². The molecule has 3 aromatic rings. The van der Waals surface area contributed by atoms with Crippen LogP contribution in [0.2, 0.25) is 0 Å². The molecule has 7 nitrogen and oxygen atoms in total. The first-order chi connectivity index (χ1) is 14.8. The smallest absolute Gasteiger partial charge is 0.339 e. The van der Waals surface area contributed by atoms with Crippen molar-refractivity contribution < 1.29 is 24.2 Å². The predicted octanol–water partition coefficient (Wildman–Crippen LogP) is 3.24. The number of thioether (sulfide) groups is 1. The van der Waals surface area contributed by atoms with E-state index in [2.05, 4.69) is 5.32 Å². The van der Waals surface area contributed by atoms with Crippen LogP contribution in [0.15, 0.2) is 57.7 Å². The number of aromatic hydroxyl groups is 1. The molecule has 0 fully saturated rings. The third kappa shape index (κ3) is 5.88. The SMILES string of the molecule is Cc1c(CCC(=O)N[C@H](CSCc2ccccc2)C(=O)O)c(=O)oc2cc(O)ccc12. The van der Waals surface area contributed by atoms with Gasteiger partial charge >= 0.3 is 11.6 Å². The van der Waals surface area contributed by atoms with Crippen molar-refractivity contribution in [2.45, 2.75) is 31.6 Å². The molecule has 0 radical (unpaired) electrons. The van der Waals surface area contributed by atoms with E-state index < -0.39 is 23.5 Å². The molecule has 1 aromatic heterocycles. The number of benzene rings is 2. The number of amides is 1. The summed E-state index contributed by atoms with van der Waals surface area (Å²) >= 11 is 1.43. The number of carboxylic acids is 1. The molecule has 0 bridgehead atoms. The van der Waals surface area contributed by atoms with Crippen molar-refractivity contribution in [2.75, 3.05) is 5.75 Å². The van der Waals surface area contributed by atoms with E-state index in [1.54, 1.807) is 13.0 Å². The zero-order valence-corrected chi connectivity index (χ0v) is 17.8. The molecule has 1 heterocycles. The Kier molecular flexibility index (Phi) is 7.36. The van der Waals surface area contributed by atoms with Gasteiger partial charge in [-0.1, -0.05) is 30.3 Å². The van der Waals surface area contributed by atoms with Gasteiger partial charge in [0.1, 0.15) is 17.4 Å². The summed E-state index contributed by atoms with van der Waals surface area (Å²) in [6, 6.07) is 13.2. The number of phenolic OH excluding ortho intramolecular Hbond substituents is 1. The fourth-order valence-electron chi connectivity index (χ4n) is 3.22. The van der Waals surface area contributed by atoms with E-state index in [0.717, 1.165) is 5.56 Å². The molecule has 0 saturated heterocycles. The molecule has 162 valence electrons. The maximum absolute atomic E-state index is 12.3. The van der Waals surface area contributed by atoms with Crippen LogP contribution in [0.4, 0.5) is 0 Å². The van der Waals surface area contributed by atoms with Crippen LogP contribution in [0, 0.1) is 6.92 Å². The molecule has 2 aromatic carbocycles. The summed E-state index contributed by atoms with van der Waals surface area (Å²) in [4.78, 5) is 36.2. The Morgan fingerprint density at radius 1 is 1.16 bits per heavy atom. The van der Waals surface area contributed by atoms with Gasteiger partial charge in [-0.3, -0.25) is 4.79 Å². The first-order valence-electron chi connectivity index (χ1n) is 9.74. The topological polar surface area (TPSA) is 117 Å². The van der Waals surface area contributed by atoms with E-state index in [9.17, 15) is 24.6 Å². The van der Waals surface area contributed by atoms with Gasteiger partial charge < -0.3 is 19.9 Å². The highest BCUT2D eigenvalue weighted by atomic mass is 32.2. The quantitative estimate of drug-likeness (QED) is 0.437. The summed E-state index contributed by atoms with van der Waals surface area (Å²) in [5, 5.41) is 22.2. The lowest BCUT2D eigenvalue weighted by Gasteiger charge is -2.14. The number of fused-ring (bicyclic) bond motifs is 1. The van der Waals surface area contributed by atoms with Gasteiger partial charge in [0, 0.05) is 34.9 Å². The van der Waals surface area contributed by atoms with Crippen LogP contribution in [0.3, 0.4) is 0 Å². The van der Waals surface area contributed by atoms with Gasteiger partial charge in [-0.2, -0.15) is 11.8 Å². The Balaban J connectivity index is 1.59.